The fourth-order valence-corrected chi connectivity index (χ4v) is 2.33. The summed E-state index contributed by atoms with van der Waals surface area (Å²) < 4.78 is 18.3. The molecule has 1 N–H and O–H groups in total. The zero-order chi connectivity index (χ0) is 17.1. The Kier molecular flexibility index (Phi) is 4.37. The number of aromatic amines is 1. The lowest BCUT2D eigenvalue weighted by atomic mass is 10.1. The highest BCUT2D eigenvalue weighted by molar-refractivity contribution is 5.99. The summed E-state index contributed by atoms with van der Waals surface area (Å²) in [5, 5.41) is 10.5. The summed E-state index contributed by atoms with van der Waals surface area (Å²) in [5.41, 5.74) is 1.44. The van der Waals surface area contributed by atoms with Gasteiger partial charge in [0.25, 0.3) is 5.91 Å². The predicted molar refractivity (Wildman–Crippen MR) is 83.7 cm³/mol. The number of carbonyl (C=O) groups excluding carboxylic acids is 1. The van der Waals surface area contributed by atoms with Crippen molar-refractivity contribution < 1.29 is 13.7 Å². The number of rotatable bonds is 5. The molecule has 0 radical (unpaired) electrons. The number of amides is 1. The standard InChI is InChI=1S/C16H16FN5O2/c1-10-19-14(21-24-10)6-7-22(2)16(23)13-9-18-20-15(13)11-4-3-5-12(17)8-11/h3-5,8-9H,6-7H2,1-2H3,(H,18,20). The molecule has 0 saturated heterocycles. The lowest BCUT2D eigenvalue weighted by Gasteiger charge is -2.16. The normalized spacial score (nSPS) is 10.8. The van der Waals surface area contributed by atoms with Crippen LogP contribution in [0, 0.1) is 12.7 Å². The quantitative estimate of drug-likeness (QED) is 0.775. The van der Waals surface area contributed by atoms with E-state index in [1.165, 1.54) is 18.3 Å². The van der Waals surface area contributed by atoms with E-state index in [9.17, 15) is 9.18 Å². The van der Waals surface area contributed by atoms with Crippen molar-refractivity contribution in [3.63, 3.8) is 0 Å². The van der Waals surface area contributed by atoms with Gasteiger partial charge in [0.2, 0.25) is 5.89 Å². The molecule has 0 fully saturated rings. The van der Waals surface area contributed by atoms with E-state index in [0.717, 1.165) is 0 Å². The maximum absolute atomic E-state index is 13.4. The minimum atomic E-state index is -0.374. The summed E-state index contributed by atoms with van der Waals surface area (Å²) in [6, 6.07) is 6.00. The van der Waals surface area contributed by atoms with Crippen LogP contribution >= 0.6 is 0 Å². The molecule has 0 atom stereocenters. The van der Waals surface area contributed by atoms with Gasteiger partial charge < -0.3 is 9.42 Å². The van der Waals surface area contributed by atoms with Gasteiger partial charge >= 0.3 is 0 Å². The van der Waals surface area contributed by atoms with Gasteiger partial charge in [-0.1, -0.05) is 17.3 Å². The van der Waals surface area contributed by atoms with Gasteiger partial charge in [-0.2, -0.15) is 10.1 Å². The fraction of sp³-hybridized carbons (Fsp3) is 0.250. The number of likely N-dealkylation sites (N-methyl/N-ethyl adjacent to an activating group) is 1. The van der Waals surface area contributed by atoms with Crippen LogP contribution < -0.4 is 0 Å². The molecule has 0 aliphatic rings. The lowest BCUT2D eigenvalue weighted by molar-refractivity contribution is 0.0796. The molecule has 0 bridgehead atoms. The number of aromatic nitrogens is 4. The molecule has 2 aromatic heterocycles. The molecule has 2 heterocycles. The van der Waals surface area contributed by atoms with Gasteiger partial charge in [-0.15, -0.1) is 0 Å². The molecule has 1 amide bonds. The number of carbonyl (C=O) groups is 1. The molecular weight excluding hydrogens is 313 g/mol. The van der Waals surface area contributed by atoms with Crippen LogP contribution in [0.15, 0.2) is 35.0 Å². The Balaban J connectivity index is 1.74. The SMILES string of the molecule is Cc1nc(CCN(C)C(=O)c2cn[nH]c2-c2cccc(F)c2)no1. The van der Waals surface area contributed by atoms with E-state index < -0.39 is 0 Å². The van der Waals surface area contributed by atoms with E-state index >= 15 is 0 Å². The van der Waals surface area contributed by atoms with Gasteiger partial charge in [-0.05, 0) is 12.1 Å². The summed E-state index contributed by atoms with van der Waals surface area (Å²) >= 11 is 0. The third-order valence-corrected chi connectivity index (χ3v) is 3.57. The highest BCUT2D eigenvalue weighted by Gasteiger charge is 2.19. The first-order valence-electron chi connectivity index (χ1n) is 7.38. The number of aryl methyl sites for hydroxylation is 1. The molecule has 0 spiro atoms. The highest BCUT2D eigenvalue weighted by Crippen LogP contribution is 2.22. The average molecular weight is 329 g/mol. The Morgan fingerprint density at radius 3 is 2.96 bits per heavy atom. The van der Waals surface area contributed by atoms with Crippen molar-refractivity contribution in [3.05, 3.63) is 53.6 Å². The van der Waals surface area contributed by atoms with Gasteiger partial charge in [0.15, 0.2) is 5.82 Å². The van der Waals surface area contributed by atoms with E-state index in [0.29, 0.717) is 41.5 Å². The van der Waals surface area contributed by atoms with Gasteiger partial charge in [-0.25, -0.2) is 4.39 Å². The summed E-state index contributed by atoms with van der Waals surface area (Å²) in [6.45, 7) is 2.13. The maximum Gasteiger partial charge on any atom is 0.257 e. The monoisotopic (exact) mass is 329 g/mol. The molecule has 124 valence electrons. The maximum atomic E-state index is 13.4. The first-order valence-corrected chi connectivity index (χ1v) is 7.38. The van der Waals surface area contributed by atoms with Crippen LogP contribution in [0.3, 0.4) is 0 Å². The van der Waals surface area contributed by atoms with Gasteiger partial charge in [-0.3, -0.25) is 9.89 Å². The van der Waals surface area contributed by atoms with Crippen LogP contribution in [-0.2, 0) is 6.42 Å². The second kappa shape index (κ2) is 6.61. The number of benzene rings is 1. The molecule has 0 unspecified atom stereocenters. The van der Waals surface area contributed by atoms with E-state index in [2.05, 4.69) is 20.3 Å². The molecule has 3 rings (SSSR count). The molecule has 3 aromatic rings. The van der Waals surface area contributed by atoms with Crippen molar-refractivity contribution >= 4 is 5.91 Å². The van der Waals surface area contributed by atoms with Gasteiger partial charge in [0.1, 0.15) is 5.82 Å². The Bertz CT molecular complexity index is 858. The van der Waals surface area contributed by atoms with Crippen LogP contribution in [0.1, 0.15) is 22.1 Å². The molecule has 8 heteroatoms. The van der Waals surface area contributed by atoms with Crippen LogP contribution in [0.5, 0.6) is 0 Å². The second-order valence-electron chi connectivity index (χ2n) is 5.38. The molecule has 0 aliphatic carbocycles. The molecule has 1 aromatic carbocycles. The Morgan fingerprint density at radius 1 is 1.42 bits per heavy atom. The summed E-state index contributed by atoms with van der Waals surface area (Å²) in [5.74, 6) is 0.441. The number of hydrogen-bond donors (Lipinski definition) is 1. The van der Waals surface area contributed by atoms with Gasteiger partial charge in [0.05, 0.1) is 17.5 Å². The highest BCUT2D eigenvalue weighted by atomic mass is 19.1. The zero-order valence-corrected chi connectivity index (χ0v) is 13.3. The predicted octanol–water partition coefficient (Wildman–Crippen LogP) is 2.22. The van der Waals surface area contributed by atoms with Crippen molar-refractivity contribution in [1.29, 1.82) is 0 Å². The van der Waals surface area contributed by atoms with Crippen molar-refractivity contribution in [1.82, 2.24) is 25.2 Å². The van der Waals surface area contributed by atoms with Crippen LogP contribution in [0.25, 0.3) is 11.3 Å². The molecule has 7 nitrogen and oxygen atoms in total. The minimum Gasteiger partial charge on any atom is -0.341 e. The zero-order valence-electron chi connectivity index (χ0n) is 13.3. The molecule has 0 aliphatic heterocycles. The third kappa shape index (κ3) is 3.32. The average Bonchev–Trinajstić information content (AvgIpc) is 3.20. The van der Waals surface area contributed by atoms with Crippen molar-refractivity contribution in [2.24, 2.45) is 0 Å². The first kappa shape index (κ1) is 15.9. The minimum absolute atomic E-state index is 0.219. The lowest BCUT2D eigenvalue weighted by Crippen LogP contribution is -2.29. The van der Waals surface area contributed by atoms with Crippen molar-refractivity contribution in [2.45, 2.75) is 13.3 Å². The summed E-state index contributed by atoms with van der Waals surface area (Å²) in [4.78, 5) is 18.3. The smallest absolute Gasteiger partial charge is 0.257 e. The fourth-order valence-electron chi connectivity index (χ4n) is 2.33. The van der Waals surface area contributed by atoms with E-state index in [1.807, 2.05) is 0 Å². The molecule has 0 saturated carbocycles. The Hall–Kier alpha value is -3.03. The van der Waals surface area contributed by atoms with Crippen molar-refractivity contribution in [3.8, 4) is 11.3 Å². The second-order valence-corrected chi connectivity index (χ2v) is 5.38. The number of H-pyrrole nitrogens is 1. The van der Waals surface area contributed by atoms with Gasteiger partial charge in [0, 0.05) is 32.5 Å². The largest absolute Gasteiger partial charge is 0.341 e. The van der Waals surface area contributed by atoms with E-state index in [1.54, 1.807) is 31.0 Å². The number of nitrogens with one attached hydrogen (secondary N) is 1. The number of halogens is 1. The van der Waals surface area contributed by atoms with Crippen molar-refractivity contribution in [2.75, 3.05) is 13.6 Å². The number of nitrogens with zero attached hydrogens (tertiary/aromatic N) is 4. The molecule has 24 heavy (non-hydrogen) atoms. The molecular formula is C16H16FN5O2. The van der Waals surface area contributed by atoms with Crippen LogP contribution in [0.2, 0.25) is 0 Å². The Labute approximate surface area is 137 Å². The van der Waals surface area contributed by atoms with E-state index in [4.69, 9.17) is 4.52 Å². The number of hydrogen-bond acceptors (Lipinski definition) is 5. The van der Waals surface area contributed by atoms with E-state index in [-0.39, 0.29) is 11.7 Å². The summed E-state index contributed by atoms with van der Waals surface area (Å²) in [7, 11) is 1.68. The Morgan fingerprint density at radius 2 is 2.25 bits per heavy atom. The third-order valence-electron chi connectivity index (χ3n) is 3.57. The summed E-state index contributed by atoms with van der Waals surface area (Å²) in [6.07, 6.45) is 1.92. The van der Waals surface area contributed by atoms with Crippen LogP contribution in [-0.4, -0.2) is 44.7 Å². The first-order chi connectivity index (χ1) is 11.5. The van der Waals surface area contributed by atoms with Crippen LogP contribution in [0.4, 0.5) is 4.39 Å². The topological polar surface area (TPSA) is 87.9 Å².